The van der Waals surface area contributed by atoms with E-state index in [1.165, 1.54) is 0 Å². The molecular weight excluding hydrogens is 287 g/mol. The van der Waals surface area contributed by atoms with E-state index < -0.39 is 28.3 Å². The average Bonchev–Trinajstić information content (AvgIpc) is 2.16. The van der Waals surface area contributed by atoms with Crippen LogP contribution in [0.5, 0.6) is 0 Å². The molecule has 8 heteroatoms. The van der Waals surface area contributed by atoms with Crippen LogP contribution in [0.1, 0.15) is 32.6 Å². The van der Waals surface area contributed by atoms with Crippen molar-refractivity contribution in [3.05, 3.63) is 0 Å². The van der Waals surface area contributed by atoms with Gasteiger partial charge in [0, 0.05) is 12.8 Å². The highest BCUT2D eigenvalue weighted by Crippen LogP contribution is 2.10. The lowest BCUT2D eigenvalue weighted by Crippen LogP contribution is -2.14. The van der Waals surface area contributed by atoms with Gasteiger partial charge in [0.2, 0.25) is 10.5 Å². The van der Waals surface area contributed by atoms with Gasteiger partial charge in [0.05, 0.1) is 0 Å². The number of halogens is 2. The Morgan fingerprint density at radius 3 is 1.39 bits per heavy atom. The lowest BCUT2D eigenvalue weighted by molar-refractivity contribution is -0.138. The van der Waals surface area contributed by atoms with Crippen LogP contribution < -0.4 is 0 Å². The Kier molecular flexibility index (Phi) is 11.7. The number of carboxylic acids is 2. The number of carbonyl (C=O) groups excluding carboxylic acids is 2. The van der Waals surface area contributed by atoms with Crippen molar-refractivity contribution in [3.8, 4) is 0 Å². The van der Waals surface area contributed by atoms with Crippen LogP contribution in [0.3, 0.4) is 0 Å². The predicted octanol–water partition coefficient (Wildman–Crippen LogP) is 1.87. The largest absolute Gasteiger partial charge is 0.481 e. The Hall–Kier alpha value is -1.14. The highest BCUT2D eigenvalue weighted by Gasteiger charge is 2.20. The van der Waals surface area contributed by atoms with E-state index in [1.54, 1.807) is 6.92 Å². The number of aliphatic carboxylic acids is 2. The predicted molar refractivity (Wildman–Crippen MR) is 64.6 cm³/mol. The van der Waals surface area contributed by atoms with Crippen LogP contribution in [-0.2, 0) is 19.2 Å². The molecule has 0 unspecified atom stereocenters. The third-order valence-electron chi connectivity index (χ3n) is 1.74. The molecule has 0 aromatic carbocycles. The Labute approximate surface area is 114 Å². The minimum atomic E-state index is -0.948. The molecule has 0 saturated heterocycles. The van der Waals surface area contributed by atoms with Gasteiger partial charge in [-0.25, -0.2) is 0 Å². The summed E-state index contributed by atoms with van der Waals surface area (Å²) in [6, 6.07) is 0. The molecule has 0 fully saturated rings. The molecule has 0 saturated carbocycles. The van der Waals surface area contributed by atoms with Gasteiger partial charge in [-0.3, -0.25) is 19.2 Å². The summed E-state index contributed by atoms with van der Waals surface area (Å²) in [7, 11) is 0. The van der Waals surface area contributed by atoms with Gasteiger partial charge in [-0.2, -0.15) is 0 Å². The summed E-state index contributed by atoms with van der Waals surface area (Å²) in [5, 5.41) is 14.7. The highest BCUT2D eigenvalue weighted by molar-refractivity contribution is 6.73. The summed E-state index contributed by atoms with van der Waals surface area (Å²) in [5.41, 5.74) is 0. The first-order valence-corrected chi connectivity index (χ1v) is 5.80. The van der Waals surface area contributed by atoms with Gasteiger partial charge in [0.1, 0.15) is 5.92 Å². The number of hydrogen-bond donors (Lipinski definition) is 2. The third-order valence-corrected chi connectivity index (χ3v) is 2.26. The first-order valence-electron chi connectivity index (χ1n) is 5.04. The fourth-order valence-corrected chi connectivity index (χ4v) is 1.36. The van der Waals surface area contributed by atoms with Crippen LogP contribution in [0.2, 0.25) is 0 Å². The van der Waals surface area contributed by atoms with Gasteiger partial charge in [-0.15, -0.1) is 0 Å². The van der Waals surface area contributed by atoms with Gasteiger partial charge in [-0.05, 0) is 36.0 Å². The second kappa shape index (κ2) is 11.0. The first-order chi connectivity index (χ1) is 8.22. The van der Waals surface area contributed by atoms with Crippen LogP contribution in [-0.4, -0.2) is 32.6 Å². The van der Waals surface area contributed by atoms with E-state index in [1.807, 2.05) is 0 Å². The SMILES string of the molecule is CCC(C(=O)Cl)C(=O)Cl.O=C(O)CCCC(=O)O. The van der Waals surface area contributed by atoms with E-state index >= 15 is 0 Å². The van der Waals surface area contributed by atoms with Crippen molar-refractivity contribution in [2.75, 3.05) is 0 Å². The molecule has 0 aliphatic carbocycles. The van der Waals surface area contributed by atoms with E-state index in [2.05, 4.69) is 0 Å². The molecule has 0 aliphatic heterocycles. The number of rotatable bonds is 7. The summed E-state index contributed by atoms with van der Waals surface area (Å²) in [6.45, 7) is 1.67. The molecule has 104 valence electrons. The van der Waals surface area contributed by atoms with Gasteiger partial charge in [0.15, 0.2) is 0 Å². The molecule has 0 aliphatic rings. The Morgan fingerprint density at radius 1 is 0.944 bits per heavy atom. The van der Waals surface area contributed by atoms with Crippen LogP contribution >= 0.6 is 23.2 Å². The van der Waals surface area contributed by atoms with E-state index in [9.17, 15) is 19.2 Å². The zero-order chi connectivity index (χ0) is 14.7. The number of hydrogen-bond acceptors (Lipinski definition) is 4. The second-order valence-electron chi connectivity index (χ2n) is 3.21. The van der Waals surface area contributed by atoms with Crippen molar-refractivity contribution in [2.24, 2.45) is 5.92 Å². The van der Waals surface area contributed by atoms with Crippen LogP contribution in [0.15, 0.2) is 0 Å². The monoisotopic (exact) mass is 300 g/mol. The molecule has 0 spiro atoms. The maximum absolute atomic E-state index is 10.3. The zero-order valence-corrected chi connectivity index (χ0v) is 11.2. The molecule has 0 radical (unpaired) electrons. The Morgan fingerprint density at radius 2 is 1.28 bits per heavy atom. The van der Waals surface area contributed by atoms with Crippen LogP contribution in [0.4, 0.5) is 0 Å². The topological polar surface area (TPSA) is 109 Å². The maximum Gasteiger partial charge on any atom is 0.303 e. The fraction of sp³-hybridized carbons (Fsp3) is 0.600. The summed E-state index contributed by atoms with van der Waals surface area (Å²) in [6.07, 6.45) is 0.452. The van der Waals surface area contributed by atoms with Crippen LogP contribution in [0.25, 0.3) is 0 Å². The lowest BCUT2D eigenvalue weighted by Gasteiger charge is -1.99. The highest BCUT2D eigenvalue weighted by atomic mass is 35.5. The van der Waals surface area contributed by atoms with E-state index in [0.29, 0.717) is 6.42 Å². The smallest absolute Gasteiger partial charge is 0.303 e. The molecule has 6 nitrogen and oxygen atoms in total. The van der Waals surface area contributed by atoms with Crippen molar-refractivity contribution in [2.45, 2.75) is 32.6 Å². The molecule has 0 amide bonds. The normalized spacial score (nSPS) is 9.33. The first kappa shape index (κ1) is 19.2. The van der Waals surface area contributed by atoms with Crippen molar-refractivity contribution in [1.82, 2.24) is 0 Å². The molecule has 0 rings (SSSR count). The summed E-state index contributed by atoms with van der Waals surface area (Å²) >= 11 is 9.99. The molecule has 0 bridgehead atoms. The van der Waals surface area contributed by atoms with Crippen molar-refractivity contribution in [1.29, 1.82) is 0 Å². The molecule has 18 heavy (non-hydrogen) atoms. The Balaban J connectivity index is 0. The summed E-state index contributed by atoms with van der Waals surface area (Å²) in [4.78, 5) is 40.1. The molecule has 0 aromatic rings. The molecular formula is C10H14Cl2O6. The fourth-order valence-electron chi connectivity index (χ4n) is 0.801. The average molecular weight is 301 g/mol. The van der Waals surface area contributed by atoms with Gasteiger partial charge in [-0.1, -0.05) is 6.92 Å². The van der Waals surface area contributed by atoms with E-state index in [-0.39, 0.29) is 19.3 Å². The van der Waals surface area contributed by atoms with Crippen molar-refractivity contribution >= 4 is 45.6 Å². The van der Waals surface area contributed by atoms with E-state index in [4.69, 9.17) is 33.4 Å². The summed E-state index contributed by atoms with van der Waals surface area (Å²) in [5.74, 6) is -2.72. The van der Waals surface area contributed by atoms with Gasteiger partial charge < -0.3 is 10.2 Å². The second-order valence-corrected chi connectivity index (χ2v) is 3.96. The zero-order valence-electron chi connectivity index (χ0n) is 9.69. The number of carboxylic acid groups (broad SMARTS) is 2. The third kappa shape index (κ3) is 12.9. The quantitative estimate of drug-likeness (QED) is 0.549. The summed E-state index contributed by atoms with van der Waals surface area (Å²) < 4.78 is 0. The minimum absolute atomic E-state index is 0.0632. The lowest BCUT2D eigenvalue weighted by atomic mass is 10.1. The van der Waals surface area contributed by atoms with Crippen molar-refractivity contribution in [3.63, 3.8) is 0 Å². The van der Waals surface area contributed by atoms with Crippen LogP contribution in [0, 0.1) is 5.92 Å². The molecule has 0 aromatic heterocycles. The van der Waals surface area contributed by atoms with E-state index in [0.717, 1.165) is 0 Å². The number of carbonyl (C=O) groups is 4. The minimum Gasteiger partial charge on any atom is -0.481 e. The molecule has 2 N–H and O–H groups in total. The standard InChI is InChI=1S/C5H6Cl2O2.C5H8O4/c1-2-3(4(6)8)5(7)9;6-4(7)2-1-3-5(8)9/h3H,2H2,1H3;1-3H2,(H,6,7)(H,8,9). The van der Waals surface area contributed by atoms with Gasteiger partial charge >= 0.3 is 11.9 Å². The Bertz CT molecular complexity index is 287. The van der Waals surface area contributed by atoms with Gasteiger partial charge in [0.25, 0.3) is 0 Å². The molecule has 0 heterocycles. The molecule has 0 atom stereocenters. The maximum atomic E-state index is 10.3. The van der Waals surface area contributed by atoms with Crippen molar-refractivity contribution < 1.29 is 29.4 Å².